The fraction of sp³-hybridized carbons (Fsp3) is 0.583. The smallest absolute Gasteiger partial charge is 0.195 e. The molecule has 0 radical (unpaired) electrons. The lowest BCUT2D eigenvalue weighted by molar-refractivity contribution is 0.262. The molecule has 1 aliphatic heterocycles. The molecular formula is C12H17N3O. The highest BCUT2D eigenvalue weighted by Crippen LogP contribution is 2.28. The van der Waals surface area contributed by atoms with Crippen molar-refractivity contribution in [2.75, 3.05) is 32.1 Å². The van der Waals surface area contributed by atoms with Gasteiger partial charge in [0.15, 0.2) is 11.9 Å². The molecule has 1 atom stereocenters. The van der Waals surface area contributed by atoms with Gasteiger partial charge in [-0.2, -0.15) is 5.26 Å². The molecule has 4 heteroatoms. The quantitative estimate of drug-likeness (QED) is 0.780. The van der Waals surface area contributed by atoms with E-state index in [2.05, 4.69) is 11.0 Å². The van der Waals surface area contributed by atoms with E-state index in [1.165, 1.54) is 12.8 Å². The zero-order chi connectivity index (χ0) is 11.5. The molecule has 4 nitrogen and oxygen atoms in total. The Morgan fingerprint density at radius 3 is 2.56 bits per heavy atom. The second-order valence-corrected chi connectivity index (χ2v) is 4.35. The summed E-state index contributed by atoms with van der Waals surface area (Å²) in [6, 6.07) is 5.92. The average molecular weight is 219 g/mol. The van der Waals surface area contributed by atoms with Gasteiger partial charge in [-0.1, -0.05) is 0 Å². The van der Waals surface area contributed by atoms with Crippen LogP contribution in [0.2, 0.25) is 0 Å². The van der Waals surface area contributed by atoms with Crippen LogP contribution < -0.4 is 4.90 Å². The highest BCUT2D eigenvalue weighted by atomic mass is 16.4. The van der Waals surface area contributed by atoms with Crippen LogP contribution in [0.3, 0.4) is 0 Å². The number of nitrogens with zero attached hydrogens (tertiary/aromatic N) is 3. The predicted octanol–water partition coefficient (Wildman–Crippen LogP) is 2.01. The molecule has 0 bridgehead atoms. The molecule has 1 aromatic heterocycles. The number of furan rings is 1. The highest BCUT2D eigenvalue weighted by Gasteiger charge is 2.25. The van der Waals surface area contributed by atoms with Gasteiger partial charge in [0.05, 0.1) is 6.07 Å². The third kappa shape index (κ3) is 2.05. The van der Waals surface area contributed by atoms with Crippen LogP contribution in [0.25, 0.3) is 0 Å². The van der Waals surface area contributed by atoms with E-state index in [9.17, 15) is 5.26 Å². The topological polar surface area (TPSA) is 43.4 Å². The summed E-state index contributed by atoms with van der Waals surface area (Å²) < 4.78 is 5.67. The van der Waals surface area contributed by atoms with E-state index in [-0.39, 0.29) is 6.04 Å². The molecular weight excluding hydrogens is 202 g/mol. The van der Waals surface area contributed by atoms with Crippen molar-refractivity contribution in [1.29, 1.82) is 5.26 Å². The first kappa shape index (κ1) is 11.0. The van der Waals surface area contributed by atoms with Crippen LogP contribution in [-0.4, -0.2) is 32.1 Å². The Labute approximate surface area is 96.1 Å². The fourth-order valence-electron chi connectivity index (χ4n) is 2.05. The summed E-state index contributed by atoms with van der Waals surface area (Å²) in [5.74, 6) is 1.56. The van der Waals surface area contributed by atoms with Crippen molar-refractivity contribution in [3.05, 3.63) is 17.9 Å². The van der Waals surface area contributed by atoms with Crippen LogP contribution in [0.4, 0.5) is 5.88 Å². The molecule has 2 rings (SSSR count). The zero-order valence-electron chi connectivity index (χ0n) is 9.81. The minimum Gasteiger partial charge on any atom is -0.443 e. The first-order chi connectivity index (χ1) is 7.72. The fourth-order valence-corrected chi connectivity index (χ4v) is 2.05. The van der Waals surface area contributed by atoms with Crippen molar-refractivity contribution < 1.29 is 4.42 Å². The van der Waals surface area contributed by atoms with Crippen LogP contribution in [0, 0.1) is 11.3 Å². The Morgan fingerprint density at radius 1 is 1.38 bits per heavy atom. The molecule has 1 fully saturated rings. The molecule has 1 aromatic rings. The molecule has 0 N–H and O–H groups in total. The number of likely N-dealkylation sites (tertiary alicyclic amines) is 1. The van der Waals surface area contributed by atoms with E-state index >= 15 is 0 Å². The number of rotatable bonds is 3. The summed E-state index contributed by atoms with van der Waals surface area (Å²) in [7, 11) is 3.86. The normalized spacial score (nSPS) is 18.3. The van der Waals surface area contributed by atoms with Crippen LogP contribution in [-0.2, 0) is 0 Å². The largest absolute Gasteiger partial charge is 0.443 e. The van der Waals surface area contributed by atoms with Crippen molar-refractivity contribution in [2.45, 2.75) is 18.9 Å². The molecule has 1 saturated heterocycles. The Hall–Kier alpha value is -1.47. The third-order valence-corrected chi connectivity index (χ3v) is 2.95. The number of hydrogen-bond donors (Lipinski definition) is 0. The summed E-state index contributed by atoms with van der Waals surface area (Å²) in [5, 5.41) is 9.22. The minimum atomic E-state index is -0.226. The first-order valence-corrected chi connectivity index (χ1v) is 5.63. The molecule has 1 aliphatic rings. The maximum atomic E-state index is 9.22. The lowest BCUT2D eigenvalue weighted by atomic mass is 10.2. The van der Waals surface area contributed by atoms with Gasteiger partial charge in [-0.15, -0.1) is 0 Å². The average Bonchev–Trinajstić information content (AvgIpc) is 2.88. The van der Waals surface area contributed by atoms with Gasteiger partial charge < -0.3 is 9.32 Å². The van der Waals surface area contributed by atoms with E-state index in [0.717, 1.165) is 24.7 Å². The van der Waals surface area contributed by atoms with Gasteiger partial charge in [0.2, 0.25) is 0 Å². The number of anilines is 1. The van der Waals surface area contributed by atoms with Gasteiger partial charge in [-0.25, -0.2) is 0 Å². The molecule has 16 heavy (non-hydrogen) atoms. The van der Waals surface area contributed by atoms with Crippen LogP contribution in [0.15, 0.2) is 16.5 Å². The number of hydrogen-bond acceptors (Lipinski definition) is 4. The molecule has 86 valence electrons. The van der Waals surface area contributed by atoms with Crippen molar-refractivity contribution in [3.8, 4) is 6.07 Å². The van der Waals surface area contributed by atoms with Crippen molar-refractivity contribution in [2.24, 2.45) is 0 Å². The van der Waals surface area contributed by atoms with E-state index in [0.29, 0.717) is 0 Å². The predicted molar refractivity (Wildman–Crippen MR) is 62.2 cm³/mol. The standard InChI is InChI=1S/C12H17N3O/c1-14(2)12-6-5-11(16-12)10(9-13)15-7-3-4-8-15/h5-6,10H,3-4,7-8H2,1-2H3/t10-/m0/s1. The molecule has 0 amide bonds. The second-order valence-electron chi connectivity index (χ2n) is 4.35. The van der Waals surface area contributed by atoms with Gasteiger partial charge in [0.1, 0.15) is 5.76 Å². The van der Waals surface area contributed by atoms with E-state index in [1.54, 1.807) is 0 Å². The molecule has 0 unspecified atom stereocenters. The van der Waals surface area contributed by atoms with Gasteiger partial charge in [-0.3, -0.25) is 4.90 Å². The molecule has 0 saturated carbocycles. The Morgan fingerprint density at radius 2 is 2.06 bits per heavy atom. The first-order valence-electron chi connectivity index (χ1n) is 5.63. The zero-order valence-corrected chi connectivity index (χ0v) is 9.81. The van der Waals surface area contributed by atoms with Crippen LogP contribution in [0.5, 0.6) is 0 Å². The summed E-state index contributed by atoms with van der Waals surface area (Å²) in [4.78, 5) is 4.08. The van der Waals surface area contributed by atoms with Gasteiger partial charge in [0.25, 0.3) is 0 Å². The summed E-state index contributed by atoms with van der Waals surface area (Å²) in [6.07, 6.45) is 2.36. The molecule has 0 spiro atoms. The van der Waals surface area contributed by atoms with Crippen LogP contribution >= 0.6 is 0 Å². The van der Waals surface area contributed by atoms with Crippen molar-refractivity contribution in [3.63, 3.8) is 0 Å². The highest BCUT2D eigenvalue weighted by molar-refractivity contribution is 5.35. The lowest BCUT2D eigenvalue weighted by Crippen LogP contribution is -2.24. The van der Waals surface area contributed by atoms with Gasteiger partial charge in [0, 0.05) is 20.2 Å². The summed E-state index contributed by atoms with van der Waals surface area (Å²) >= 11 is 0. The molecule has 0 aromatic carbocycles. The maximum Gasteiger partial charge on any atom is 0.195 e. The summed E-state index contributed by atoms with van der Waals surface area (Å²) in [6.45, 7) is 1.99. The minimum absolute atomic E-state index is 0.226. The Kier molecular flexibility index (Phi) is 3.16. The Bertz CT molecular complexity index is 385. The second kappa shape index (κ2) is 4.58. The third-order valence-electron chi connectivity index (χ3n) is 2.95. The SMILES string of the molecule is CN(C)c1ccc([C@H](C#N)N2CCCC2)o1. The van der Waals surface area contributed by atoms with E-state index < -0.39 is 0 Å². The number of nitriles is 1. The lowest BCUT2D eigenvalue weighted by Gasteiger charge is -2.19. The van der Waals surface area contributed by atoms with E-state index in [1.807, 2.05) is 31.1 Å². The van der Waals surface area contributed by atoms with E-state index in [4.69, 9.17) is 4.42 Å². The van der Waals surface area contributed by atoms with Gasteiger partial charge >= 0.3 is 0 Å². The Balaban J connectivity index is 2.16. The van der Waals surface area contributed by atoms with Crippen LogP contribution in [0.1, 0.15) is 24.6 Å². The maximum absolute atomic E-state index is 9.22. The molecule has 0 aliphatic carbocycles. The van der Waals surface area contributed by atoms with Gasteiger partial charge in [-0.05, 0) is 32.0 Å². The van der Waals surface area contributed by atoms with Crippen molar-refractivity contribution in [1.82, 2.24) is 4.90 Å². The monoisotopic (exact) mass is 219 g/mol. The molecule has 2 heterocycles. The summed E-state index contributed by atoms with van der Waals surface area (Å²) in [5.41, 5.74) is 0. The van der Waals surface area contributed by atoms with Crippen molar-refractivity contribution >= 4 is 5.88 Å².